The normalized spacial score (nSPS) is 14.9. The highest BCUT2D eigenvalue weighted by Crippen LogP contribution is 2.33. The first-order chi connectivity index (χ1) is 13.6. The van der Waals surface area contributed by atoms with Crippen molar-refractivity contribution >= 4 is 23.1 Å². The molecule has 3 aromatic heterocycles. The first kappa shape index (κ1) is 18.2. The lowest BCUT2D eigenvalue weighted by molar-refractivity contribution is -0.115. The van der Waals surface area contributed by atoms with Crippen molar-refractivity contribution in [2.45, 2.75) is 44.9 Å². The van der Waals surface area contributed by atoms with Crippen LogP contribution in [-0.2, 0) is 4.79 Å². The fourth-order valence-corrected chi connectivity index (χ4v) is 3.73. The molecule has 0 atom stereocenters. The largest absolute Gasteiger partial charge is 0.360 e. The van der Waals surface area contributed by atoms with Gasteiger partial charge in [0.1, 0.15) is 11.6 Å². The second-order valence-corrected chi connectivity index (χ2v) is 7.16. The van der Waals surface area contributed by atoms with Crippen LogP contribution in [0.2, 0.25) is 0 Å². The van der Waals surface area contributed by atoms with Gasteiger partial charge in [0.15, 0.2) is 11.5 Å². The Bertz CT molecular complexity index is 1000. The number of amides is 2. The molecule has 3 aromatic rings. The Morgan fingerprint density at radius 2 is 2.07 bits per heavy atom. The molecule has 0 aromatic carbocycles. The van der Waals surface area contributed by atoms with Gasteiger partial charge in [0.2, 0.25) is 5.91 Å². The zero-order valence-electron chi connectivity index (χ0n) is 15.8. The minimum Gasteiger partial charge on any atom is -0.360 e. The smallest absolute Gasteiger partial charge is 0.272 e. The third kappa shape index (κ3) is 3.76. The molecule has 1 aliphatic carbocycles. The maximum Gasteiger partial charge on any atom is 0.272 e. The van der Waals surface area contributed by atoms with E-state index in [2.05, 4.69) is 20.8 Å². The maximum atomic E-state index is 12.7. The number of rotatable bonds is 5. The average Bonchev–Trinajstić information content (AvgIpc) is 3.30. The van der Waals surface area contributed by atoms with E-state index >= 15 is 0 Å². The third-order valence-corrected chi connectivity index (χ3v) is 5.07. The number of aromatic nitrogens is 3. The van der Waals surface area contributed by atoms with Crippen LogP contribution in [0.3, 0.4) is 0 Å². The Hall–Kier alpha value is -3.16. The molecule has 1 saturated carbocycles. The number of nitrogens with one attached hydrogen (secondary N) is 2. The Morgan fingerprint density at radius 1 is 1.25 bits per heavy atom. The van der Waals surface area contributed by atoms with Crippen LogP contribution in [0.4, 0.5) is 5.82 Å². The minimum atomic E-state index is -0.377. The molecule has 1 fully saturated rings. The van der Waals surface area contributed by atoms with E-state index in [0.717, 1.165) is 24.2 Å². The Morgan fingerprint density at radius 3 is 2.82 bits per heavy atom. The zero-order chi connectivity index (χ0) is 19.5. The van der Waals surface area contributed by atoms with Gasteiger partial charge in [0.05, 0.1) is 12.1 Å². The van der Waals surface area contributed by atoms with Crippen LogP contribution in [0, 0.1) is 6.92 Å². The van der Waals surface area contributed by atoms with Crippen LogP contribution in [0.15, 0.2) is 35.0 Å². The lowest BCUT2D eigenvalue weighted by Gasteiger charge is -2.20. The van der Waals surface area contributed by atoms with Gasteiger partial charge in [-0.3, -0.25) is 9.59 Å². The van der Waals surface area contributed by atoms with Crippen molar-refractivity contribution in [3.63, 3.8) is 0 Å². The molecule has 2 amide bonds. The fraction of sp³-hybridized carbons (Fsp3) is 0.400. The maximum absolute atomic E-state index is 12.7. The van der Waals surface area contributed by atoms with Crippen LogP contribution in [0.1, 0.15) is 60.1 Å². The van der Waals surface area contributed by atoms with E-state index in [-0.39, 0.29) is 18.4 Å². The molecule has 0 unspecified atom stereocenters. The van der Waals surface area contributed by atoms with E-state index in [9.17, 15) is 9.59 Å². The molecule has 146 valence electrons. The average molecular weight is 381 g/mol. The van der Waals surface area contributed by atoms with Crippen molar-refractivity contribution < 1.29 is 14.1 Å². The van der Waals surface area contributed by atoms with Gasteiger partial charge in [-0.25, -0.2) is 4.98 Å². The lowest BCUT2D eigenvalue weighted by Crippen LogP contribution is -2.33. The second-order valence-electron chi connectivity index (χ2n) is 7.16. The first-order valence-corrected chi connectivity index (χ1v) is 9.60. The summed E-state index contributed by atoms with van der Waals surface area (Å²) in [5.41, 5.74) is 1.11. The standard InChI is InChI=1S/C20H23N5O3/c1-13-11-16(24-28-13)22-17(26)12-21-20(27)18-15-9-5-6-10-25(15)19(23-18)14-7-3-2-4-8-14/h5-6,9-11,14H,2-4,7-8,12H2,1H3,(H,21,27)(H,22,24,26). The molecular weight excluding hydrogens is 358 g/mol. The fourth-order valence-electron chi connectivity index (χ4n) is 3.73. The highest BCUT2D eigenvalue weighted by molar-refractivity contribution is 6.02. The molecule has 0 aliphatic heterocycles. The topological polar surface area (TPSA) is 102 Å². The molecule has 0 radical (unpaired) electrons. The molecular formula is C20H23N5O3. The number of pyridine rings is 1. The summed E-state index contributed by atoms with van der Waals surface area (Å²) < 4.78 is 6.91. The first-order valence-electron chi connectivity index (χ1n) is 9.60. The van der Waals surface area contributed by atoms with Crippen molar-refractivity contribution in [3.8, 4) is 0 Å². The molecule has 0 spiro atoms. The molecule has 0 bridgehead atoms. The van der Waals surface area contributed by atoms with Gasteiger partial charge in [0, 0.05) is 18.2 Å². The predicted molar refractivity (Wildman–Crippen MR) is 103 cm³/mol. The number of hydrogen-bond donors (Lipinski definition) is 2. The summed E-state index contributed by atoms with van der Waals surface area (Å²) in [5.74, 6) is 1.48. The summed E-state index contributed by atoms with van der Waals surface area (Å²) in [5, 5.41) is 8.93. The second kappa shape index (κ2) is 7.84. The predicted octanol–water partition coefficient (Wildman–Crippen LogP) is 3.05. The number of aryl methyl sites for hydroxylation is 1. The van der Waals surface area contributed by atoms with Crippen LogP contribution in [-0.4, -0.2) is 32.9 Å². The van der Waals surface area contributed by atoms with Crippen molar-refractivity contribution in [2.75, 3.05) is 11.9 Å². The number of fused-ring (bicyclic) bond motifs is 1. The van der Waals surface area contributed by atoms with Gasteiger partial charge in [-0.1, -0.05) is 30.5 Å². The van der Waals surface area contributed by atoms with Gasteiger partial charge in [0.25, 0.3) is 5.91 Å². The third-order valence-electron chi connectivity index (χ3n) is 5.07. The van der Waals surface area contributed by atoms with E-state index in [1.165, 1.54) is 19.3 Å². The molecule has 2 N–H and O–H groups in total. The van der Waals surface area contributed by atoms with Gasteiger partial charge in [-0.15, -0.1) is 0 Å². The zero-order valence-corrected chi connectivity index (χ0v) is 15.8. The van der Waals surface area contributed by atoms with Crippen LogP contribution in [0.5, 0.6) is 0 Å². The number of hydrogen-bond acceptors (Lipinski definition) is 5. The quantitative estimate of drug-likeness (QED) is 0.707. The van der Waals surface area contributed by atoms with Crippen LogP contribution in [0.25, 0.3) is 5.52 Å². The number of imidazole rings is 1. The van der Waals surface area contributed by atoms with Crippen molar-refractivity contribution in [1.82, 2.24) is 19.9 Å². The Balaban J connectivity index is 1.48. The van der Waals surface area contributed by atoms with Crippen molar-refractivity contribution in [3.05, 3.63) is 47.7 Å². The number of nitrogens with zero attached hydrogens (tertiary/aromatic N) is 3. The summed E-state index contributed by atoms with van der Waals surface area (Å²) in [7, 11) is 0. The van der Waals surface area contributed by atoms with Gasteiger partial charge < -0.3 is 19.6 Å². The highest BCUT2D eigenvalue weighted by Gasteiger charge is 2.24. The van der Waals surface area contributed by atoms with Crippen molar-refractivity contribution in [1.29, 1.82) is 0 Å². The molecule has 3 heterocycles. The number of anilines is 1. The SMILES string of the molecule is Cc1cc(NC(=O)CNC(=O)c2nc(C3CCCCC3)n3ccccc23)no1. The Labute approximate surface area is 162 Å². The van der Waals surface area contributed by atoms with Crippen LogP contribution >= 0.6 is 0 Å². The molecule has 4 rings (SSSR count). The van der Waals surface area contributed by atoms with Gasteiger partial charge in [-0.05, 0) is 31.9 Å². The van der Waals surface area contributed by atoms with Crippen LogP contribution < -0.4 is 10.6 Å². The van der Waals surface area contributed by atoms with Crippen molar-refractivity contribution in [2.24, 2.45) is 0 Å². The summed E-state index contributed by atoms with van der Waals surface area (Å²) in [6, 6.07) is 7.32. The highest BCUT2D eigenvalue weighted by atomic mass is 16.5. The van der Waals surface area contributed by atoms with E-state index in [0.29, 0.717) is 23.2 Å². The molecule has 8 nitrogen and oxygen atoms in total. The van der Waals surface area contributed by atoms with E-state index in [4.69, 9.17) is 4.52 Å². The molecule has 0 saturated heterocycles. The van der Waals surface area contributed by atoms with E-state index < -0.39 is 0 Å². The molecule has 28 heavy (non-hydrogen) atoms. The Kier molecular flexibility index (Phi) is 5.10. The molecule has 8 heteroatoms. The van der Waals surface area contributed by atoms with Gasteiger partial charge in [-0.2, -0.15) is 0 Å². The van der Waals surface area contributed by atoms with Gasteiger partial charge >= 0.3 is 0 Å². The van der Waals surface area contributed by atoms with E-state index in [1.54, 1.807) is 13.0 Å². The minimum absolute atomic E-state index is 0.171. The summed E-state index contributed by atoms with van der Waals surface area (Å²) in [4.78, 5) is 29.4. The monoisotopic (exact) mass is 381 g/mol. The summed E-state index contributed by atoms with van der Waals surface area (Å²) in [6.07, 6.45) is 7.77. The summed E-state index contributed by atoms with van der Waals surface area (Å²) in [6.45, 7) is 1.56. The number of carbonyl (C=O) groups excluding carboxylic acids is 2. The molecule has 1 aliphatic rings. The van der Waals surface area contributed by atoms with E-state index in [1.807, 2.05) is 28.8 Å². The lowest BCUT2D eigenvalue weighted by atomic mass is 9.89. The summed E-state index contributed by atoms with van der Waals surface area (Å²) >= 11 is 0. The number of carbonyl (C=O) groups is 2.